The molecular weight excluding hydrogens is 403 g/mol. The zero-order valence-corrected chi connectivity index (χ0v) is 21.7. The molecule has 2 aliphatic heterocycles. The topological polar surface area (TPSA) is 9.23 Å². The molecule has 0 spiro atoms. The van der Waals surface area contributed by atoms with Crippen LogP contribution in [0.2, 0.25) is 23.0 Å². The predicted molar refractivity (Wildman–Crippen MR) is 143 cm³/mol. The molecule has 0 amide bonds. The molecule has 32 heavy (non-hydrogen) atoms. The number of unbranched alkanes of at least 4 members (excludes halogenated alkanes) is 2. The van der Waals surface area contributed by atoms with Crippen LogP contribution in [-0.4, -0.2) is 21.6 Å². The number of fused-ring (bicyclic) bond motifs is 2. The van der Waals surface area contributed by atoms with E-state index in [0.29, 0.717) is 0 Å². The summed E-state index contributed by atoms with van der Waals surface area (Å²) in [6.07, 6.45) is 14.4. The molecule has 0 aliphatic carbocycles. The van der Waals surface area contributed by atoms with Crippen LogP contribution in [0.15, 0.2) is 60.7 Å². The van der Waals surface area contributed by atoms with Crippen LogP contribution in [0.1, 0.15) is 78.6 Å². The van der Waals surface area contributed by atoms with Crippen LogP contribution in [-0.2, 0) is 4.43 Å². The molecule has 0 unspecified atom stereocenters. The van der Waals surface area contributed by atoms with Crippen molar-refractivity contribution in [2.24, 2.45) is 0 Å². The first kappa shape index (κ1) is 23.8. The Morgan fingerprint density at radius 2 is 1.25 bits per heavy atom. The average Bonchev–Trinajstić information content (AvgIpc) is 2.79. The number of hydrogen-bond donors (Lipinski definition) is 0. The first-order valence-corrected chi connectivity index (χ1v) is 15.2. The average molecular weight is 447 g/mol. The second-order valence-corrected chi connectivity index (χ2v) is 15.7. The fourth-order valence-electron chi connectivity index (χ4n) is 6.93. The molecule has 0 aromatic heterocycles. The molecule has 2 saturated heterocycles. The molecule has 2 aliphatic rings. The van der Waals surface area contributed by atoms with Gasteiger partial charge < -0.3 is 4.43 Å². The van der Waals surface area contributed by atoms with Gasteiger partial charge in [-0.1, -0.05) is 151 Å². The van der Waals surface area contributed by atoms with Crippen LogP contribution in [0.25, 0.3) is 0 Å². The van der Waals surface area contributed by atoms with E-state index in [4.69, 9.17) is 4.43 Å². The Kier molecular flexibility index (Phi) is 8.00. The standard InChI is InChI=1S/C29H43BOSi/c1-29(2,3)32(27-19-7-4-8-20-27,28-21-9-5-10-22-28)31-24-12-6-11-23-30-25-15-13-16-26(30)18-14-17-25/h4-5,7-10,19-22,25-26H,6,11-18,23-24H2,1-3H3. The maximum atomic E-state index is 7.07. The van der Waals surface area contributed by atoms with Crippen LogP contribution in [0.4, 0.5) is 0 Å². The summed E-state index contributed by atoms with van der Waals surface area (Å²) in [6.45, 7) is 9.05. The minimum atomic E-state index is -2.36. The molecule has 2 bridgehead atoms. The smallest absolute Gasteiger partial charge is 0.261 e. The Balaban J connectivity index is 1.39. The molecule has 0 atom stereocenters. The van der Waals surface area contributed by atoms with Crippen molar-refractivity contribution in [3.8, 4) is 0 Å². The van der Waals surface area contributed by atoms with E-state index < -0.39 is 8.32 Å². The molecule has 3 heteroatoms. The maximum Gasteiger partial charge on any atom is 0.261 e. The molecule has 0 saturated carbocycles. The third kappa shape index (κ3) is 5.09. The van der Waals surface area contributed by atoms with Gasteiger partial charge in [-0.05, 0) is 21.8 Å². The van der Waals surface area contributed by atoms with Gasteiger partial charge in [0.25, 0.3) is 8.32 Å². The molecule has 2 heterocycles. The van der Waals surface area contributed by atoms with Crippen molar-refractivity contribution in [1.82, 2.24) is 0 Å². The number of rotatable bonds is 9. The lowest BCUT2D eigenvalue weighted by molar-refractivity contribution is 0.287. The van der Waals surface area contributed by atoms with Crippen LogP contribution in [0.3, 0.4) is 0 Å². The Bertz CT molecular complexity index is 755. The highest BCUT2D eigenvalue weighted by atomic mass is 28.4. The fraction of sp³-hybridized carbons (Fsp3) is 0.586. The van der Waals surface area contributed by atoms with Crippen molar-refractivity contribution in [3.05, 3.63) is 60.7 Å². The second kappa shape index (κ2) is 10.7. The Labute approximate surface area is 198 Å². The zero-order valence-electron chi connectivity index (χ0n) is 20.7. The first-order chi connectivity index (χ1) is 15.5. The summed E-state index contributed by atoms with van der Waals surface area (Å²) in [5, 5.41) is 2.87. The number of hydrogen-bond acceptors (Lipinski definition) is 1. The van der Waals surface area contributed by atoms with Gasteiger partial charge in [0.15, 0.2) is 0 Å². The molecule has 2 aromatic rings. The molecule has 2 aromatic carbocycles. The van der Waals surface area contributed by atoms with E-state index in [0.717, 1.165) is 25.0 Å². The highest BCUT2D eigenvalue weighted by molar-refractivity contribution is 6.99. The van der Waals surface area contributed by atoms with Crippen molar-refractivity contribution in [1.29, 1.82) is 0 Å². The van der Waals surface area contributed by atoms with Crippen LogP contribution >= 0.6 is 0 Å². The van der Waals surface area contributed by atoms with Crippen molar-refractivity contribution in [2.75, 3.05) is 6.61 Å². The Morgan fingerprint density at radius 3 is 1.72 bits per heavy atom. The van der Waals surface area contributed by atoms with Gasteiger partial charge in [0.05, 0.1) is 0 Å². The highest BCUT2D eigenvalue weighted by Gasteiger charge is 2.50. The van der Waals surface area contributed by atoms with E-state index in [1.807, 2.05) is 0 Å². The predicted octanol–water partition coefficient (Wildman–Crippen LogP) is 7.34. The zero-order chi connectivity index (χ0) is 22.4. The fourth-order valence-corrected chi connectivity index (χ4v) is 11.5. The first-order valence-electron chi connectivity index (χ1n) is 13.3. The molecule has 2 fully saturated rings. The quantitative estimate of drug-likeness (QED) is 0.289. The van der Waals surface area contributed by atoms with Gasteiger partial charge in [0.1, 0.15) is 6.71 Å². The van der Waals surface area contributed by atoms with Crippen molar-refractivity contribution in [2.45, 2.75) is 102 Å². The van der Waals surface area contributed by atoms with E-state index in [9.17, 15) is 0 Å². The van der Waals surface area contributed by atoms with Gasteiger partial charge in [-0.2, -0.15) is 0 Å². The summed E-state index contributed by atoms with van der Waals surface area (Å²) in [6, 6.07) is 22.1. The number of benzene rings is 2. The van der Waals surface area contributed by atoms with Crippen LogP contribution in [0, 0.1) is 0 Å². The highest BCUT2D eigenvalue weighted by Crippen LogP contribution is 2.48. The maximum absolute atomic E-state index is 7.07. The van der Waals surface area contributed by atoms with Crippen molar-refractivity contribution >= 4 is 25.4 Å². The van der Waals surface area contributed by atoms with E-state index in [1.54, 1.807) is 0 Å². The molecule has 172 valence electrons. The van der Waals surface area contributed by atoms with Crippen molar-refractivity contribution in [3.63, 3.8) is 0 Å². The largest absolute Gasteiger partial charge is 0.407 e. The third-order valence-corrected chi connectivity index (χ3v) is 13.5. The lowest BCUT2D eigenvalue weighted by Gasteiger charge is -2.43. The van der Waals surface area contributed by atoms with E-state index >= 15 is 0 Å². The third-order valence-electron chi connectivity index (χ3n) is 8.43. The van der Waals surface area contributed by atoms with Crippen LogP contribution in [0.5, 0.6) is 0 Å². The monoisotopic (exact) mass is 446 g/mol. The minimum Gasteiger partial charge on any atom is -0.407 e. The van der Waals surface area contributed by atoms with Gasteiger partial charge in [-0.15, -0.1) is 0 Å². The van der Waals surface area contributed by atoms with Gasteiger partial charge in [0.2, 0.25) is 0 Å². The SMILES string of the molecule is CC(C)(C)[Si](OCCCCCB1C2CCCC1CCC2)(c1ccccc1)c1ccccc1. The van der Waals surface area contributed by atoms with Gasteiger partial charge >= 0.3 is 0 Å². The molecule has 0 radical (unpaired) electrons. The molecular formula is C29H43BOSi. The van der Waals surface area contributed by atoms with Gasteiger partial charge in [-0.25, -0.2) is 0 Å². The summed E-state index contributed by atoms with van der Waals surface area (Å²) in [4.78, 5) is 0. The summed E-state index contributed by atoms with van der Waals surface area (Å²) in [5.41, 5.74) is 0. The summed E-state index contributed by atoms with van der Waals surface area (Å²) >= 11 is 0. The molecule has 1 nitrogen and oxygen atoms in total. The molecule has 4 rings (SSSR count). The lowest BCUT2D eigenvalue weighted by atomic mass is 9.26. The van der Waals surface area contributed by atoms with Crippen molar-refractivity contribution < 1.29 is 4.43 Å². The van der Waals surface area contributed by atoms with E-state index in [-0.39, 0.29) is 5.04 Å². The normalized spacial score (nSPS) is 21.5. The summed E-state index contributed by atoms with van der Waals surface area (Å²) < 4.78 is 7.07. The van der Waals surface area contributed by atoms with Gasteiger partial charge in [-0.3, -0.25) is 0 Å². The Hall–Kier alpha value is -1.32. The minimum absolute atomic E-state index is 0.0786. The van der Waals surface area contributed by atoms with E-state index in [1.165, 1.54) is 74.5 Å². The summed E-state index contributed by atoms with van der Waals surface area (Å²) in [5.74, 6) is 2.10. The van der Waals surface area contributed by atoms with E-state index in [2.05, 4.69) is 81.4 Å². The second-order valence-electron chi connectivity index (χ2n) is 11.4. The van der Waals surface area contributed by atoms with Gasteiger partial charge in [0, 0.05) is 6.61 Å². The lowest BCUT2D eigenvalue weighted by Crippen LogP contribution is -2.66. The molecule has 0 N–H and O–H groups in total. The van der Waals surface area contributed by atoms with Crippen LogP contribution < -0.4 is 10.4 Å². The summed E-state index contributed by atoms with van der Waals surface area (Å²) in [7, 11) is -2.36. The Morgan fingerprint density at radius 1 is 0.750 bits per heavy atom.